The van der Waals surface area contributed by atoms with Gasteiger partial charge in [-0.25, -0.2) is 0 Å². The molecule has 0 bridgehead atoms. The van der Waals surface area contributed by atoms with Gasteiger partial charge in [-0.05, 0) is 57.8 Å². The van der Waals surface area contributed by atoms with E-state index in [0.29, 0.717) is 18.4 Å². The van der Waals surface area contributed by atoms with Crippen molar-refractivity contribution >= 4 is 5.96 Å². The summed E-state index contributed by atoms with van der Waals surface area (Å²) in [6.07, 6.45) is 3.58. The lowest BCUT2D eigenvalue weighted by atomic mass is 9.94. The normalized spacial score (nSPS) is 14.8. The SMILES string of the molecule is CCNC(=NCC(CCO)CC(C)C)NCC(c1ccco1)N(C)C. The lowest BCUT2D eigenvalue weighted by molar-refractivity contribution is 0.245. The van der Waals surface area contributed by atoms with Crippen molar-refractivity contribution in [3.8, 4) is 0 Å². The maximum absolute atomic E-state index is 9.27. The maximum Gasteiger partial charge on any atom is 0.191 e. The van der Waals surface area contributed by atoms with Crippen LogP contribution in [-0.4, -0.2) is 56.3 Å². The number of nitrogens with zero attached hydrogens (tertiary/aromatic N) is 2. The fraction of sp³-hybridized carbons (Fsp3) is 0.737. The Balaban J connectivity index is 2.67. The Morgan fingerprint density at radius 3 is 2.60 bits per heavy atom. The average Bonchev–Trinajstić information content (AvgIpc) is 3.06. The number of rotatable bonds is 11. The molecule has 6 heteroatoms. The number of aliphatic hydroxyl groups is 1. The monoisotopic (exact) mass is 352 g/mol. The van der Waals surface area contributed by atoms with Gasteiger partial charge in [-0.3, -0.25) is 9.89 Å². The van der Waals surface area contributed by atoms with Gasteiger partial charge in [0.2, 0.25) is 0 Å². The van der Waals surface area contributed by atoms with E-state index >= 15 is 0 Å². The highest BCUT2D eigenvalue weighted by atomic mass is 16.3. The van der Waals surface area contributed by atoms with Gasteiger partial charge in [0.25, 0.3) is 0 Å². The van der Waals surface area contributed by atoms with E-state index in [2.05, 4.69) is 36.3 Å². The molecule has 0 aliphatic carbocycles. The Bertz CT molecular complexity index is 472. The molecule has 0 radical (unpaired) electrons. The number of furan rings is 1. The summed E-state index contributed by atoms with van der Waals surface area (Å²) in [7, 11) is 4.08. The first-order chi connectivity index (χ1) is 12.0. The Hall–Kier alpha value is -1.53. The molecule has 0 fully saturated rings. The van der Waals surface area contributed by atoms with Crippen molar-refractivity contribution < 1.29 is 9.52 Å². The van der Waals surface area contributed by atoms with Crippen LogP contribution in [0.5, 0.6) is 0 Å². The summed E-state index contributed by atoms with van der Waals surface area (Å²) in [5.74, 6) is 2.77. The summed E-state index contributed by atoms with van der Waals surface area (Å²) < 4.78 is 5.55. The van der Waals surface area contributed by atoms with Crippen molar-refractivity contribution in [2.75, 3.05) is 40.3 Å². The molecular weight excluding hydrogens is 316 g/mol. The van der Waals surface area contributed by atoms with E-state index < -0.39 is 0 Å². The summed E-state index contributed by atoms with van der Waals surface area (Å²) in [4.78, 5) is 6.86. The predicted molar refractivity (Wildman–Crippen MR) is 104 cm³/mol. The molecule has 2 unspecified atom stereocenters. The highest BCUT2D eigenvalue weighted by molar-refractivity contribution is 5.79. The van der Waals surface area contributed by atoms with Gasteiger partial charge in [-0.1, -0.05) is 13.8 Å². The molecule has 1 aromatic heterocycles. The van der Waals surface area contributed by atoms with Gasteiger partial charge in [0, 0.05) is 26.2 Å². The molecule has 0 spiro atoms. The minimum absolute atomic E-state index is 0.141. The first-order valence-corrected chi connectivity index (χ1v) is 9.30. The van der Waals surface area contributed by atoms with Gasteiger partial charge >= 0.3 is 0 Å². The van der Waals surface area contributed by atoms with E-state index in [1.165, 1.54) is 0 Å². The Morgan fingerprint density at radius 1 is 1.32 bits per heavy atom. The second kappa shape index (κ2) is 11.9. The highest BCUT2D eigenvalue weighted by Crippen LogP contribution is 2.18. The number of aliphatic imine (C=N–C) groups is 1. The van der Waals surface area contributed by atoms with Crippen molar-refractivity contribution in [1.29, 1.82) is 0 Å². The molecule has 0 saturated heterocycles. The first-order valence-electron chi connectivity index (χ1n) is 9.30. The van der Waals surface area contributed by atoms with Crippen molar-refractivity contribution in [2.45, 2.75) is 39.7 Å². The molecule has 1 heterocycles. The van der Waals surface area contributed by atoms with Crippen molar-refractivity contribution in [2.24, 2.45) is 16.8 Å². The van der Waals surface area contributed by atoms with Crippen LogP contribution in [0.1, 0.15) is 45.4 Å². The smallest absolute Gasteiger partial charge is 0.191 e. The van der Waals surface area contributed by atoms with Gasteiger partial charge in [-0.15, -0.1) is 0 Å². The third-order valence-electron chi connectivity index (χ3n) is 4.15. The van der Waals surface area contributed by atoms with Gasteiger partial charge < -0.3 is 20.2 Å². The molecule has 3 N–H and O–H groups in total. The fourth-order valence-corrected chi connectivity index (χ4v) is 2.91. The maximum atomic E-state index is 9.27. The molecule has 0 saturated carbocycles. The quantitative estimate of drug-likeness (QED) is 0.421. The third-order valence-corrected chi connectivity index (χ3v) is 4.15. The van der Waals surface area contributed by atoms with Crippen LogP contribution in [0.2, 0.25) is 0 Å². The molecular formula is C19H36N4O2. The Morgan fingerprint density at radius 2 is 2.08 bits per heavy atom. The summed E-state index contributed by atoms with van der Waals surface area (Å²) >= 11 is 0. The van der Waals surface area contributed by atoms with E-state index in [1.807, 2.05) is 26.2 Å². The van der Waals surface area contributed by atoms with Crippen LogP contribution in [0, 0.1) is 11.8 Å². The van der Waals surface area contributed by atoms with Gasteiger partial charge in [-0.2, -0.15) is 0 Å². The predicted octanol–water partition coefficient (Wildman–Crippen LogP) is 2.48. The zero-order valence-electron chi connectivity index (χ0n) is 16.5. The number of aliphatic hydroxyl groups excluding tert-OH is 1. The standard InChI is InChI=1S/C19H36N4O2/c1-6-20-19(21-13-16(9-10-24)12-15(2)3)22-14-17(23(4)5)18-8-7-11-25-18/h7-8,11,15-17,24H,6,9-10,12-14H2,1-5H3,(H2,20,21,22). The second-order valence-corrected chi connectivity index (χ2v) is 7.10. The molecule has 144 valence electrons. The average molecular weight is 353 g/mol. The summed E-state index contributed by atoms with van der Waals surface area (Å²) in [6.45, 7) is 8.95. The zero-order chi connectivity index (χ0) is 18.7. The number of likely N-dealkylation sites (N-methyl/N-ethyl adjacent to an activating group) is 1. The van der Waals surface area contributed by atoms with Crippen LogP contribution in [0.4, 0.5) is 0 Å². The highest BCUT2D eigenvalue weighted by Gasteiger charge is 2.17. The summed E-state index contributed by atoms with van der Waals surface area (Å²) in [5.41, 5.74) is 0. The van der Waals surface area contributed by atoms with E-state index in [9.17, 15) is 5.11 Å². The van der Waals surface area contributed by atoms with Gasteiger partial charge in [0.15, 0.2) is 5.96 Å². The minimum atomic E-state index is 0.141. The molecule has 25 heavy (non-hydrogen) atoms. The van der Waals surface area contributed by atoms with Crippen LogP contribution < -0.4 is 10.6 Å². The third kappa shape index (κ3) is 8.40. The minimum Gasteiger partial charge on any atom is -0.468 e. The first kappa shape index (κ1) is 21.5. The van der Waals surface area contributed by atoms with Crippen LogP contribution in [0.25, 0.3) is 0 Å². The molecule has 6 nitrogen and oxygen atoms in total. The molecule has 2 atom stereocenters. The number of guanidine groups is 1. The largest absolute Gasteiger partial charge is 0.468 e. The van der Waals surface area contributed by atoms with Gasteiger partial charge in [0.1, 0.15) is 5.76 Å². The Kier molecular flexibility index (Phi) is 10.3. The molecule has 0 amide bonds. The molecule has 1 aromatic rings. The van der Waals surface area contributed by atoms with Crippen LogP contribution in [0.15, 0.2) is 27.8 Å². The van der Waals surface area contributed by atoms with Gasteiger partial charge in [0.05, 0.1) is 12.3 Å². The van der Waals surface area contributed by atoms with Crippen LogP contribution in [-0.2, 0) is 0 Å². The van der Waals surface area contributed by atoms with Crippen molar-refractivity contribution in [3.05, 3.63) is 24.2 Å². The molecule has 0 aromatic carbocycles. The van der Waals surface area contributed by atoms with Crippen LogP contribution in [0.3, 0.4) is 0 Å². The van der Waals surface area contributed by atoms with E-state index in [4.69, 9.17) is 9.41 Å². The van der Waals surface area contributed by atoms with Crippen LogP contribution >= 0.6 is 0 Å². The van der Waals surface area contributed by atoms with E-state index in [0.717, 1.165) is 37.7 Å². The second-order valence-electron chi connectivity index (χ2n) is 7.10. The summed E-state index contributed by atoms with van der Waals surface area (Å²) in [6, 6.07) is 4.05. The van der Waals surface area contributed by atoms with E-state index in [1.54, 1.807) is 6.26 Å². The summed E-state index contributed by atoms with van der Waals surface area (Å²) in [5, 5.41) is 16.0. The number of nitrogens with one attached hydrogen (secondary N) is 2. The molecule has 1 rings (SSSR count). The van der Waals surface area contributed by atoms with Crippen molar-refractivity contribution in [3.63, 3.8) is 0 Å². The zero-order valence-corrected chi connectivity index (χ0v) is 16.5. The Labute approximate surface area is 152 Å². The topological polar surface area (TPSA) is 73.0 Å². The lowest BCUT2D eigenvalue weighted by Gasteiger charge is -2.24. The van der Waals surface area contributed by atoms with E-state index in [-0.39, 0.29) is 12.6 Å². The fourth-order valence-electron chi connectivity index (χ4n) is 2.91. The van der Waals surface area contributed by atoms with Crippen molar-refractivity contribution in [1.82, 2.24) is 15.5 Å². The number of hydrogen-bond donors (Lipinski definition) is 3. The lowest BCUT2D eigenvalue weighted by Crippen LogP contribution is -2.42. The number of hydrogen-bond acceptors (Lipinski definition) is 4. The molecule has 0 aliphatic rings. The molecule has 0 aliphatic heterocycles.